The minimum Gasteiger partial charge on any atom is -0.330 e. The summed E-state index contributed by atoms with van der Waals surface area (Å²) in [6.07, 6.45) is 5.94. The number of carbonyl (C=O) groups is 1. The molecular weight excluding hydrogens is 461 g/mol. The predicted octanol–water partition coefficient (Wildman–Crippen LogP) is 4.27. The Balaban J connectivity index is 1.68. The maximum atomic E-state index is 11.6. The Morgan fingerprint density at radius 1 is 1.00 bits per heavy atom. The van der Waals surface area contributed by atoms with Crippen LogP contribution < -0.4 is 0 Å². The van der Waals surface area contributed by atoms with Gasteiger partial charge in [0.15, 0.2) is 0 Å². The average Bonchev–Trinajstić information content (AvgIpc) is 3.18. The Morgan fingerprint density at radius 2 is 1.64 bits per heavy atom. The van der Waals surface area contributed by atoms with Crippen molar-refractivity contribution in [3.05, 3.63) is 90.0 Å². The third-order valence-corrected chi connectivity index (χ3v) is 6.06. The van der Waals surface area contributed by atoms with Crippen molar-refractivity contribution in [3.63, 3.8) is 0 Å². The van der Waals surface area contributed by atoms with E-state index in [4.69, 9.17) is 4.98 Å². The maximum Gasteiger partial charge on any atom is 0.206 e. The van der Waals surface area contributed by atoms with Gasteiger partial charge in [-0.2, -0.15) is 0 Å². The molecule has 1 aromatic heterocycles. The Bertz CT molecular complexity index is 915. The van der Waals surface area contributed by atoms with Crippen LogP contribution in [0.1, 0.15) is 29.8 Å². The lowest BCUT2D eigenvalue weighted by Crippen LogP contribution is -2.45. The van der Waals surface area contributed by atoms with Crippen LogP contribution in [0.4, 0.5) is 0 Å². The Labute approximate surface area is 179 Å². The summed E-state index contributed by atoms with van der Waals surface area (Å²) in [5.74, 6) is 1.13. The number of piperidine rings is 1. The number of aromatic nitrogens is 2. The molecule has 4 nitrogen and oxygen atoms in total. The lowest BCUT2D eigenvalue weighted by atomic mass is 9.72. The van der Waals surface area contributed by atoms with Gasteiger partial charge in [0.1, 0.15) is 5.82 Å². The van der Waals surface area contributed by atoms with Crippen LogP contribution in [-0.2, 0) is 16.8 Å². The van der Waals surface area contributed by atoms with Crippen molar-refractivity contribution in [2.75, 3.05) is 19.6 Å². The van der Waals surface area contributed by atoms with Crippen molar-refractivity contribution in [3.8, 4) is 0 Å². The van der Waals surface area contributed by atoms with Crippen LogP contribution >= 0.6 is 22.6 Å². The Kier molecular flexibility index (Phi) is 5.92. The molecule has 2 aromatic carbocycles. The average molecular weight is 485 g/mol. The van der Waals surface area contributed by atoms with Gasteiger partial charge in [0, 0.05) is 41.5 Å². The van der Waals surface area contributed by atoms with Gasteiger partial charge in [0.2, 0.25) is 3.79 Å². The molecule has 0 saturated carbocycles. The van der Waals surface area contributed by atoms with Gasteiger partial charge in [0.25, 0.3) is 0 Å². The van der Waals surface area contributed by atoms with Crippen molar-refractivity contribution in [2.45, 2.75) is 24.8 Å². The lowest BCUT2D eigenvalue weighted by molar-refractivity contribution is -0.110. The molecule has 3 aromatic rings. The van der Waals surface area contributed by atoms with Crippen molar-refractivity contribution < 1.29 is 4.79 Å². The first-order valence-electron chi connectivity index (χ1n) is 9.69. The second-order valence-corrected chi connectivity index (χ2v) is 8.65. The van der Waals surface area contributed by atoms with Gasteiger partial charge in [-0.25, -0.2) is 4.98 Å². The summed E-state index contributed by atoms with van der Waals surface area (Å²) in [5.41, 5.74) is 2.47. The first-order chi connectivity index (χ1) is 13.7. The summed E-state index contributed by atoms with van der Waals surface area (Å²) in [5, 5.41) is 0. The number of imidazole rings is 1. The summed E-state index contributed by atoms with van der Waals surface area (Å²) < 4.78 is 2.50. The lowest BCUT2D eigenvalue weighted by Gasteiger charge is -2.41. The molecule has 0 amide bonds. The number of hydrogen-bond acceptors (Lipinski definition) is 3. The largest absolute Gasteiger partial charge is 0.330 e. The molecule has 1 fully saturated rings. The van der Waals surface area contributed by atoms with Crippen LogP contribution in [0.2, 0.25) is 0 Å². The second-order valence-electron chi connectivity index (χ2n) is 7.44. The number of carbonyl (C=O) groups excluding carboxylic acids is 1. The van der Waals surface area contributed by atoms with Gasteiger partial charge in [-0.15, -0.1) is 0 Å². The van der Waals surface area contributed by atoms with Gasteiger partial charge in [0.05, 0.1) is 12.0 Å². The standard InChI is InChI=1S/C23H24IN3O/c24-21(28)18-26-14-11-23(12-15-26,20-9-5-2-6-10-20)22-25-13-16-27(22)17-19-7-3-1-4-8-19/h1-10,13,16H,11-12,14-15,17-18H2. The van der Waals surface area contributed by atoms with Gasteiger partial charge >= 0.3 is 0 Å². The fraction of sp³-hybridized carbons (Fsp3) is 0.304. The summed E-state index contributed by atoms with van der Waals surface area (Å²) in [6.45, 7) is 3.16. The monoisotopic (exact) mass is 485 g/mol. The first kappa shape index (κ1) is 19.3. The highest BCUT2D eigenvalue weighted by Gasteiger charge is 2.41. The highest BCUT2D eigenvalue weighted by atomic mass is 127. The van der Waals surface area contributed by atoms with Crippen LogP contribution in [0.25, 0.3) is 0 Å². The fourth-order valence-electron chi connectivity index (χ4n) is 4.30. The molecule has 144 valence electrons. The number of benzene rings is 2. The summed E-state index contributed by atoms with van der Waals surface area (Å²) >= 11 is 1.90. The van der Waals surface area contributed by atoms with E-state index in [-0.39, 0.29) is 9.20 Å². The molecule has 0 spiro atoms. The quantitative estimate of drug-likeness (QED) is 0.387. The molecule has 0 N–H and O–H groups in total. The third-order valence-electron chi connectivity index (χ3n) is 5.72. The minimum atomic E-state index is -0.121. The van der Waals surface area contributed by atoms with E-state index in [0.717, 1.165) is 38.3 Å². The van der Waals surface area contributed by atoms with E-state index >= 15 is 0 Å². The van der Waals surface area contributed by atoms with Gasteiger partial charge < -0.3 is 4.57 Å². The maximum absolute atomic E-state index is 11.6. The molecule has 1 aliphatic heterocycles. The molecule has 0 aliphatic carbocycles. The van der Waals surface area contributed by atoms with E-state index < -0.39 is 0 Å². The normalized spacial score (nSPS) is 16.8. The third kappa shape index (κ3) is 4.05. The van der Waals surface area contributed by atoms with E-state index in [0.29, 0.717) is 6.54 Å². The molecule has 1 aliphatic rings. The number of hydrogen-bond donors (Lipinski definition) is 0. The number of rotatable bonds is 6. The van der Waals surface area contributed by atoms with Crippen LogP contribution in [0.3, 0.4) is 0 Å². The molecule has 28 heavy (non-hydrogen) atoms. The fourth-order valence-corrected chi connectivity index (χ4v) is 4.78. The van der Waals surface area contributed by atoms with E-state index in [1.807, 2.05) is 34.9 Å². The topological polar surface area (TPSA) is 38.1 Å². The van der Waals surface area contributed by atoms with Crippen LogP contribution in [0, 0.1) is 0 Å². The zero-order valence-corrected chi connectivity index (χ0v) is 18.0. The Hall–Kier alpha value is -1.99. The number of halogens is 1. The molecule has 1 saturated heterocycles. The zero-order valence-electron chi connectivity index (χ0n) is 15.8. The summed E-state index contributed by atoms with van der Waals surface area (Å²) in [7, 11) is 0. The predicted molar refractivity (Wildman–Crippen MR) is 120 cm³/mol. The van der Waals surface area contributed by atoms with Crippen molar-refractivity contribution in [1.29, 1.82) is 0 Å². The molecule has 0 unspecified atom stereocenters. The summed E-state index contributed by atoms with van der Waals surface area (Å²) in [6, 6.07) is 21.3. The SMILES string of the molecule is O=C(I)CN1CCC(c2ccccc2)(c2nccn2Cc2ccccc2)CC1. The van der Waals surface area contributed by atoms with Gasteiger partial charge in [-0.05, 0) is 37.1 Å². The molecule has 0 atom stereocenters. The summed E-state index contributed by atoms with van der Waals surface area (Å²) in [4.78, 5) is 18.7. The van der Waals surface area contributed by atoms with E-state index in [1.165, 1.54) is 11.1 Å². The van der Waals surface area contributed by atoms with E-state index in [9.17, 15) is 4.79 Å². The molecule has 4 rings (SSSR count). The molecule has 0 radical (unpaired) electrons. The van der Waals surface area contributed by atoms with Crippen LogP contribution in [-0.4, -0.2) is 37.9 Å². The van der Waals surface area contributed by atoms with Crippen molar-refractivity contribution >= 4 is 26.4 Å². The number of likely N-dealkylation sites (tertiary alicyclic amines) is 1. The zero-order chi connectivity index (χ0) is 19.4. The highest BCUT2D eigenvalue weighted by Crippen LogP contribution is 2.41. The van der Waals surface area contributed by atoms with Crippen LogP contribution in [0.5, 0.6) is 0 Å². The van der Waals surface area contributed by atoms with Crippen molar-refractivity contribution in [1.82, 2.24) is 14.5 Å². The van der Waals surface area contributed by atoms with E-state index in [2.05, 4.69) is 70.3 Å². The van der Waals surface area contributed by atoms with Crippen LogP contribution in [0.15, 0.2) is 73.1 Å². The molecule has 2 heterocycles. The second kappa shape index (κ2) is 8.57. The highest BCUT2D eigenvalue weighted by molar-refractivity contribution is 14.1. The van der Waals surface area contributed by atoms with Gasteiger partial charge in [-0.1, -0.05) is 60.7 Å². The number of nitrogens with zero attached hydrogens (tertiary/aromatic N) is 3. The smallest absolute Gasteiger partial charge is 0.206 e. The van der Waals surface area contributed by atoms with Crippen molar-refractivity contribution in [2.24, 2.45) is 0 Å². The van der Waals surface area contributed by atoms with E-state index in [1.54, 1.807) is 0 Å². The minimum absolute atomic E-state index is 0.121. The molecule has 5 heteroatoms. The first-order valence-corrected chi connectivity index (χ1v) is 10.8. The Morgan fingerprint density at radius 3 is 2.29 bits per heavy atom. The molecule has 0 bridgehead atoms. The molecular formula is C23H24IN3O. The van der Waals surface area contributed by atoms with Gasteiger partial charge in [-0.3, -0.25) is 9.69 Å².